The molecule has 0 unspecified atom stereocenters. The van der Waals surface area contributed by atoms with E-state index in [1.807, 2.05) is 5.38 Å². The number of thiazole rings is 1. The van der Waals surface area contributed by atoms with E-state index in [0.717, 1.165) is 16.3 Å². The van der Waals surface area contributed by atoms with E-state index in [2.05, 4.69) is 15.6 Å². The van der Waals surface area contributed by atoms with Crippen molar-refractivity contribution in [3.8, 4) is 10.6 Å². The highest BCUT2D eigenvalue weighted by Crippen LogP contribution is 2.23. The van der Waals surface area contributed by atoms with Crippen molar-refractivity contribution in [2.24, 2.45) is 0 Å². The molecule has 1 aromatic heterocycles. The lowest BCUT2D eigenvalue weighted by atomic mass is 10.2. The Morgan fingerprint density at radius 2 is 1.56 bits per heavy atom. The van der Waals surface area contributed by atoms with Gasteiger partial charge in [0.15, 0.2) is 0 Å². The zero-order chi connectivity index (χ0) is 19.2. The number of anilines is 1. The maximum Gasteiger partial charge on any atom is 0.313 e. The Morgan fingerprint density at radius 1 is 0.926 bits per heavy atom. The molecule has 8 heteroatoms. The van der Waals surface area contributed by atoms with Crippen molar-refractivity contribution in [3.05, 3.63) is 71.2 Å². The third-order valence-corrected chi connectivity index (χ3v) is 4.56. The number of hydrogen-bond acceptors (Lipinski definition) is 4. The van der Waals surface area contributed by atoms with Crippen LogP contribution < -0.4 is 10.6 Å². The van der Waals surface area contributed by atoms with Crippen LogP contribution in [-0.2, 0) is 16.0 Å². The summed E-state index contributed by atoms with van der Waals surface area (Å²) in [5, 5.41) is 7.50. The van der Waals surface area contributed by atoms with Gasteiger partial charge in [-0.2, -0.15) is 0 Å². The molecular weight excluding hydrogens is 372 g/mol. The van der Waals surface area contributed by atoms with E-state index in [1.165, 1.54) is 47.7 Å². The third-order valence-electron chi connectivity index (χ3n) is 3.62. The first-order valence-corrected chi connectivity index (χ1v) is 8.94. The van der Waals surface area contributed by atoms with Gasteiger partial charge in [-0.15, -0.1) is 11.3 Å². The Morgan fingerprint density at radius 3 is 2.22 bits per heavy atom. The quantitative estimate of drug-likeness (QED) is 0.660. The molecule has 0 saturated carbocycles. The standard InChI is InChI=1S/C19H15F2N3O2S/c20-13-3-1-12(2-4-13)19-24-16(11-27-19)9-10-22-17(25)18(26)23-15-7-5-14(21)6-8-15/h1-8,11H,9-10H2,(H,22,25)(H,23,26). The van der Waals surface area contributed by atoms with Crippen LogP contribution in [0.4, 0.5) is 14.5 Å². The summed E-state index contributed by atoms with van der Waals surface area (Å²) < 4.78 is 25.8. The Balaban J connectivity index is 1.48. The van der Waals surface area contributed by atoms with Gasteiger partial charge in [-0.1, -0.05) is 0 Å². The number of rotatable bonds is 5. The minimum atomic E-state index is -0.827. The van der Waals surface area contributed by atoms with Crippen LogP contribution in [0.1, 0.15) is 5.69 Å². The molecular formula is C19H15F2N3O2S. The van der Waals surface area contributed by atoms with E-state index < -0.39 is 17.6 Å². The molecule has 0 atom stereocenters. The van der Waals surface area contributed by atoms with Crippen molar-refractivity contribution in [2.75, 3.05) is 11.9 Å². The predicted octanol–water partition coefficient (Wildman–Crippen LogP) is 3.39. The van der Waals surface area contributed by atoms with Gasteiger partial charge >= 0.3 is 11.8 Å². The third kappa shape index (κ3) is 5.18. The molecule has 2 aromatic carbocycles. The SMILES string of the molecule is O=C(NCCc1csc(-c2ccc(F)cc2)n1)C(=O)Nc1ccc(F)cc1. The zero-order valence-corrected chi connectivity index (χ0v) is 14.9. The van der Waals surface area contributed by atoms with Crippen LogP contribution in [0, 0.1) is 11.6 Å². The second kappa shape index (κ2) is 8.50. The molecule has 0 aliphatic heterocycles. The van der Waals surface area contributed by atoms with E-state index in [4.69, 9.17) is 0 Å². The summed E-state index contributed by atoms with van der Waals surface area (Å²) in [6.45, 7) is 0.238. The van der Waals surface area contributed by atoms with Gasteiger partial charge in [-0.05, 0) is 48.5 Å². The van der Waals surface area contributed by atoms with Crippen LogP contribution in [0.2, 0.25) is 0 Å². The lowest BCUT2D eigenvalue weighted by molar-refractivity contribution is -0.136. The molecule has 5 nitrogen and oxygen atoms in total. The number of halogens is 2. The first-order chi connectivity index (χ1) is 13.0. The smallest absolute Gasteiger partial charge is 0.313 e. The minimum absolute atomic E-state index is 0.238. The molecule has 0 spiro atoms. The molecule has 27 heavy (non-hydrogen) atoms. The van der Waals surface area contributed by atoms with Crippen LogP contribution in [-0.4, -0.2) is 23.3 Å². The molecule has 0 aliphatic carbocycles. The lowest BCUT2D eigenvalue weighted by Crippen LogP contribution is -2.36. The van der Waals surface area contributed by atoms with Crippen molar-refractivity contribution < 1.29 is 18.4 Å². The molecule has 2 amide bonds. The summed E-state index contributed by atoms with van der Waals surface area (Å²) in [5.74, 6) is -2.35. The zero-order valence-electron chi connectivity index (χ0n) is 14.0. The molecule has 3 aromatic rings. The molecule has 0 aliphatic rings. The molecule has 0 fully saturated rings. The van der Waals surface area contributed by atoms with Crippen LogP contribution >= 0.6 is 11.3 Å². The number of benzene rings is 2. The highest BCUT2D eigenvalue weighted by atomic mass is 32.1. The predicted molar refractivity (Wildman–Crippen MR) is 99.3 cm³/mol. The number of carbonyl (C=O) groups excluding carboxylic acids is 2. The summed E-state index contributed by atoms with van der Waals surface area (Å²) >= 11 is 1.42. The normalized spacial score (nSPS) is 10.4. The van der Waals surface area contributed by atoms with Crippen LogP contribution in [0.3, 0.4) is 0 Å². The highest BCUT2D eigenvalue weighted by molar-refractivity contribution is 7.13. The van der Waals surface area contributed by atoms with E-state index in [-0.39, 0.29) is 12.4 Å². The average molecular weight is 387 g/mol. The molecule has 1 heterocycles. The van der Waals surface area contributed by atoms with Gasteiger partial charge in [0.05, 0.1) is 5.69 Å². The highest BCUT2D eigenvalue weighted by Gasteiger charge is 2.13. The van der Waals surface area contributed by atoms with E-state index in [1.54, 1.807) is 12.1 Å². The number of nitrogens with one attached hydrogen (secondary N) is 2. The van der Waals surface area contributed by atoms with Crippen LogP contribution in [0.5, 0.6) is 0 Å². The fraction of sp³-hybridized carbons (Fsp3) is 0.105. The number of amides is 2. The summed E-state index contributed by atoms with van der Waals surface area (Å²) in [7, 11) is 0. The first-order valence-electron chi connectivity index (χ1n) is 8.06. The topological polar surface area (TPSA) is 71.1 Å². The molecule has 2 N–H and O–H groups in total. The fourth-order valence-electron chi connectivity index (χ4n) is 2.25. The number of nitrogens with zero attached hydrogens (tertiary/aromatic N) is 1. The largest absolute Gasteiger partial charge is 0.347 e. The van der Waals surface area contributed by atoms with Gasteiger partial charge in [0, 0.05) is 29.6 Å². The summed E-state index contributed by atoms with van der Waals surface area (Å²) in [5.41, 5.74) is 1.91. The van der Waals surface area contributed by atoms with E-state index in [0.29, 0.717) is 12.1 Å². The first kappa shape index (κ1) is 18.7. The molecule has 0 radical (unpaired) electrons. The van der Waals surface area contributed by atoms with E-state index in [9.17, 15) is 18.4 Å². The lowest BCUT2D eigenvalue weighted by Gasteiger charge is -2.05. The average Bonchev–Trinajstić information content (AvgIpc) is 3.13. The Labute approximate surface area is 158 Å². The van der Waals surface area contributed by atoms with Crippen molar-refractivity contribution in [1.82, 2.24) is 10.3 Å². The van der Waals surface area contributed by atoms with Crippen molar-refractivity contribution in [2.45, 2.75) is 6.42 Å². The van der Waals surface area contributed by atoms with Gasteiger partial charge in [0.1, 0.15) is 16.6 Å². The molecule has 3 rings (SSSR count). The Hall–Kier alpha value is -3.13. The fourth-order valence-corrected chi connectivity index (χ4v) is 3.11. The summed E-state index contributed by atoms with van der Waals surface area (Å²) in [6.07, 6.45) is 0.452. The van der Waals surface area contributed by atoms with Gasteiger partial charge in [0.2, 0.25) is 0 Å². The molecule has 0 saturated heterocycles. The number of hydrogen-bond donors (Lipinski definition) is 2. The Bertz CT molecular complexity index is 940. The minimum Gasteiger partial charge on any atom is -0.347 e. The van der Waals surface area contributed by atoms with Gasteiger partial charge in [0.25, 0.3) is 0 Å². The summed E-state index contributed by atoms with van der Waals surface area (Å²) in [6, 6.07) is 11.2. The second-order valence-electron chi connectivity index (χ2n) is 5.62. The van der Waals surface area contributed by atoms with Gasteiger partial charge in [-0.3, -0.25) is 9.59 Å². The number of carbonyl (C=O) groups is 2. The van der Waals surface area contributed by atoms with Crippen molar-refractivity contribution >= 4 is 28.8 Å². The van der Waals surface area contributed by atoms with Crippen LogP contribution in [0.25, 0.3) is 10.6 Å². The Kier molecular flexibility index (Phi) is 5.87. The van der Waals surface area contributed by atoms with E-state index >= 15 is 0 Å². The maximum atomic E-state index is 13.0. The molecule has 0 bridgehead atoms. The molecule has 138 valence electrons. The summed E-state index contributed by atoms with van der Waals surface area (Å²) in [4.78, 5) is 28.0. The maximum absolute atomic E-state index is 13.0. The second-order valence-corrected chi connectivity index (χ2v) is 6.48. The monoisotopic (exact) mass is 387 g/mol. The van der Waals surface area contributed by atoms with Gasteiger partial charge < -0.3 is 10.6 Å². The van der Waals surface area contributed by atoms with Crippen molar-refractivity contribution in [1.29, 1.82) is 0 Å². The van der Waals surface area contributed by atoms with Gasteiger partial charge in [-0.25, -0.2) is 13.8 Å². The van der Waals surface area contributed by atoms with Crippen molar-refractivity contribution in [3.63, 3.8) is 0 Å². The number of aromatic nitrogens is 1. The van der Waals surface area contributed by atoms with Crippen LogP contribution in [0.15, 0.2) is 53.9 Å².